The normalized spacial score (nSPS) is 17.7. The number of rotatable bonds is 7. The maximum absolute atomic E-state index is 14.0. The topological polar surface area (TPSA) is 116 Å². The summed E-state index contributed by atoms with van der Waals surface area (Å²) in [6.45, 7) is 2.00. The molecule has 0 fully saturated rings. The van der Waals surface area contributed by atoms with Gasteiger partial charge in [0.1, 0.15) is 15.7 Å². The Labute approximate surface area is 199 Å². The molecule has 1 atom stereocenters. The number of hydrogen-bond acceptors (Lipinski definition) is 7. The van der Waals surface area contributed by atoms with Crippen molar-refractivity contribution in [1.82, 2.24) is 0 Å². The van der Waals surface area contributed by atoms with Crippen LogP contribution in [0.2, 0.25) is 4.34 Å². The zero-order chi connectivity index (χ0) is 24.0. The third-order valence-corrected chi connectivity index (χ3v) is 8.73. The first-order chi connectivity index (χ1) is 15.7. The van der Waals surface area contributed by atoms with Crippen LogP contribution in [0.4, 0.5) is 5.69 Å². The van der Waals surface area contributed by atoms with Crippen molar-refractivity contribution < 1.29 is 27.5 Å². The number of carbonyl (C=O) groups is 2. The maximum atomic E-state index is 14.0. The third-order valence-electron chi connectivity index (χ3n) is 5.34. The van der Waals surface area contributed by atoms with Crippen LogP contribution in [0.25, 0.3) is 0 Å². The second kappa shape index (κ2) is 8.36. The Kier molecular flexibility index (Phi) is 5.85. The number of benzene rings is 2. The highest BCUT2D eigenvalue weighted by Gasteiger charge is 2.61. The zero-order valence-electron chi connectivity index (χ0n) is 17.6. The van der Waals surface area contributed by atoms with Crippen LogP contribution in [0.1, 0.15) is 18.1 Å². The Hall–Kier alpha value is -3.08. The fourth-order valence-electron chi connectivity index (χ4n) is 3.95. The Bertz CT molecular complexity index is 1370. The second-order valence-electron chi connectivity index (χ2n) is 7.06. The molecular weight excluding hydrogens is 488 g/mol. The van der Waals surface area contributed by atoms with Crippen LogP contribution in [0.3, 0.4) is 0 Å². The molecule has 0 spiro atoms. The molecule has 0 radical (unpaired) electrons. The summed E-state index contributed by atoms with van der Waals surface area (Å²) in [5.41, 5.74) is 3.93. The monoisotopic (exact) mass is 506 g/mol. The summed E-state index contributed by atoms with van der Waals surface area (Å²) in [5, 5.41) is 0. The quantitative estimate of drug-likeness (QED) is 0.491. The number of nitrogens with zero attached hydrogens (tertiary/aromatic N) is 1. The molecule has 1 aromatic heterocycles. The number of thiophene rings is 1. The number of ether oxygens (including phenoxy) is 2. The number of para-hydroxylation sites is 1. The molecule has 2 heterocycles. The summed E-state index contributed by atoms with van der Waals surface area (Å²) < 4.78 is 38.8. The number of methoxy groups -OCH3 is 1. The van der Waals surface area contributed by atoms with Gasteiger partial charge in [-0.3, -0.25) is 9.59 Å². The van der Waals surface area contributed by atoms with Gasteiger partial charge < -0.3 is 15.2 Å². The lowest BCUT2D eigenvalue weighted by molar-refractivity contribution is -0.131. The highest BCUT2D eigenvalue weighted by molar-refractivity contribution is 7.95. The van der Waals surface area contributed by atoms with Gasteiger partial charge in [-0.15, -0.1) is 11.3 Å². The van der Waals surface area contributed by atoms with E-state index in [1.807, 2.05) is 0 Å². The number of anilines is 1. The number of halogens is 1. The SMILES string of the molecule is CCOc1ccccc1C1(C(N)=O)C(=O)N(S(=O)(=O)c2ccc(Cl)s2)c2ccc(OC)cc21. The minimum Gasteiger partial charge on any atom is -0.497 e. The molecule has 2 aromatic carbocycles. The average Bonchev–Trinajstić information content (AvgIpc) is 3.33. The zero-order valence-corrected chi connectivity index (χ0v) is 20.0. The molecule has 0 saturated carbocycles. The van der Waals surface area contributed by atoms with Gasteiger partial charge in [0.2, 0.25) is 5.91 Å². The smallest absolute Gasteiger partial charge is 0.280 e. The summed E-state index contributed by atoms with van der Waals surface area (Å²) in [6.07, 6.45) is 0. The van der Waals surface area contributed by atoms with Gasteiger partial charge >= 0.3 is 0 Å². The molecule has 172 valence electrons. The molecule has 1 unspecified atom stereocenters. The third kappa shape index (κ3) is 3.36. The predicted octanol–water partition coefficient (Wildman–Crippen LogP) is 3.32. The van der Waals surface area contributed by atoms with Crippen molar-refractivity contribution in [3.63, 3.8) is 0 Å². The van der Waals surface area contributed by atoms with Crippen LogP contribution in [-0.2, 0) is 25.0 Å². The Morgan fingerprint density at radius 3 is 2.48 bits per heavy atom. The number of nitrogens with two attached hydrogens (primary N) is 1. The summed E-state index contributed by atoms with van der Waals surface area (Å²) >= 11 is 6.75. The van der Waals surface area contributed by atoms with E-state index in [9.17, 15) is 18.0 Å². The van der Waals surface area contributed by atoms with Gasteiger partial charge in [-0.1, -0.05) is 29.8 Å². The predicted molar refractivity (Wildman–Crippen MR) is 125 cm³/mol. The van der Waals surface area contributed by atoms with E-state index in [0.29, 0.717) is 10.1 Å². The first kappa shape index (κ1) is 23.1. The number of primary amides is 1. The van der Waals surface area contributed by atoms with Gasteiger partial charge in [-0.05, 0) is 43.3 Å². The molecule has 1 aliphatic heterocycles. The van der Waals surface area contributed by atoms with E-state index in [1.54, 1.807) is 25.1 Å². The first-order valence-corrected chi connectivity index (χ1v) is 12.4. The highest BCUT2D eigenvalue weighted by atomic mass is 35.5. The molecule has 0 aliphatic carbocycles. The lowest BCUT2D eigenvalue weighted by Gasteiger charge is -2.27. The molecule has 0 saturated heterocycles. The molecule has 8 nitrogen and oxygen atoms in total. The van der Waals surface area contributed by atoms with E-state index >= 15 is 0 Å². The van der Waals surface area contributed by atoms with Crippen molar-refractivity contribution in [3.8, 4) is 11.5 Å². The molecule has 0 bridgehead atoms. The van der Waals surface area contributed by atoms with Crippen LogP contribution in [0.15, 0.2) is 58.8 Å². The number of amides is 2. The van der Waals surface area contributed by atoms with Crippen molar-refractivity contribution in [2.24, 2.45) is 5.73 Å². The van der Waals surface area contributed by atoms with E-state index in [4.69, 9.17) is 26.8 Å². The van der Waals surface area contributed by atoms with Gasteiger partial charge in [0, 0.05) is 11.1 Å². The Balaban J connectivity index is 2.08. The number of fused-ring (bicyclic) bond motifs is 1. The van der Waals surface area contributed by atoms with Crippen LogP contribution in [0, 0.1) is 0 Å². The number of carbonyl (C=O) groups excluding carboxylic acids is 2. The van der Waals surface area contributed by atoms with Crippen LogP contribution < -0.4 is 19.5 Å². The Morgan fingerprint density at radius 1 is 1.15 bits per heavy atom. The largest absolute Gasteiger partial charge is 0.497 e. The van der Waals surface area contributed by atoms with E-state index in [0.717, 1.165) is 11.3 Å². The molecule has 33 heavy (non-hydrogen) atoms. The molecule has 11 heteroatoms. The summed E-state index contributed by atoms with van der Waals surface area (Å²) in [5.74, 6) is -1.52. The van der Waals surface area contributed by atoms with E-state index in [2.05, 4.69) is 0 Å². The van der Waals surface area contributed by atoms with Gasteiger partial charge in [0.25, 0.3) is 15.9 Å². The molecule has 3 aromatic rings. The lowest BCUT2D eigenvalue weighted by atomic mass is 9.74. The maximum Gasteiger partial charge on any atom is 0.280 e. The van der Waals surface area contributed by atoms with E-state index in [-0.39, 0.29) is 37.7 Å². The van der Waals surface area contributed by atoms with Crippen molar-refractivity contribution in [2.75, 3.05) is 18.0 Å². The molecule has 2 amide bonds. The fourth-order valence-corrected chi connectivity index (χ4v) is 6.97. The second-order valence-corrected chi connectivity index (χ2v) is 10.8. The Morgan fingerprint density at radius 2 is 1.88 bits per heavy atom. The van der Waals surface area contributed by atoms with Crippen LogP contribution in [-0.4, -0.2) is 33.9 Å². The van der Waals surface area contributed by atoms with E-state index < -0.39 is 27.3 Å². The minimum absolute atomic E-state index is 0.00424. The van der Waals surface area contributed by atoms with Crippen LogP contribution >= 0.6 is 22.9 Å². The van der Waals surface area contributed by atoms with Gasteiger partial charge in [-0.2, -0.15) is 8.42 Å². The van der Waals surface area contributed by atoms with Crippen molar-refractivity contribution in [3.05, 3.63) is 70.1 Å². The standard InChI is InChI=1S/C22H19ClN2O6S2/c1-3-31-17-7-5-4-6-14(17)22(20(24)26)15-12-13(30-2)8-9-16(15)25(21(22)27)33(28,29)19-11-10-18(23)32-19/h4-12H,3H2,1-2H3,(H2,24,26). The molecule has 1 aliphatic rings. The van der Waals surface area contributed by atoms with Gasteiger partial charge in [-0.25, -0.2) is 4.31 Å². The summed E-state index contributed by atoms with van der Waals surface area (Å²) in [4.78, 5) is 27.2. The lowest BCUT2D eigenvalue weighted by Crippen LogP contribution is -2.51. The average molecular weight is 507 g/mol. The number of hydrogen-bond donors (Lipinski definition) is 1. The summed E-state index contributed by atoms with van der Waals surface area (Å²) in [7, 11) is -2.99. The van der Waals surface area contributed by atoms with Crippen molar-refractivity contribution in [1.29, 1.82) is 0 Å². The van der Waals surface area contributed by atoms with Crippen molar-refractivity contribution in [2.45, 2.75) is 16.5 Å². The minimum atomic E-state index is -4.41. The fraction of sp³-hybridized carbons (Fsp3) is 0.182. The first-order valence-electron chi connectivity index (χ1n) is 9.75. The summed E-state index contributed by atoms with van der Waals surface area (Å²) in [6, 6.07) is 13.5. The number of sulfonamides is 1. The molecular formula is C22H19ClN2O6S2. The molecule has 2 N–H and O–H groups in total. The van der Waals surface area contributed by atoms with Gasteiger partial charge in [0.15, 0.2) is 5.41 Å². The highest BCUT2D eigenvalue weighted by Crippen LogP contribution is 2.51. The van der Waals surface area contributed by atoms with Crippen molar-refractivity contribution >= 4 is 50.5 Å². The van der Waals surface area contributed by atoms with Gasteiger partial charge in [0.05, 0.1) is 23.7 Å². The van der Waals surface area contributed by atoms with Crippen LogP contribution in [0.5, 0.6) is 11.5 Å². The van der Waals surface area contributed by atoms with E-state index in [1.165, 1.54) is 43.5 Å². The molecule has 4 rings (SSSR count).